The zero-order valence-electron chi connectivity index (χ0n) is 11.0. The molecule has 4 heteroatoms. The van der Waals surface area contributed by atoms with E-state index in [0.29, 0.717) is 0 Å². The van der Waals surface area contributed by atoms with Crippen LogP contribution in [-0.2, 0) is 0 Å². The van der Waals surface area contributed by atoms with E-state index < -0.39 is 0 Å². The van der Waals surface area contributed by atoms with Crippen LogP contribution in [0.1, 0.15) is 39.0 Å². The van der Waals surface area contributed by atoms with Crippen LogP contribution in [0.2, 0.25) is 0 Å². The van der Waals surface area contributed by atoms with E-state index in [-0.39, 0.29) is 12.1 Å². The van der Waals surface area contributed by atoms with Crippen molar-refractivity contribution in [3.63, 3.8) is 0 Å². The van der Waals surface area contributed by atoms with Gasteiger partial charge in [-0.3, -0.25) is 0 Å². The molecule has 98 valence electrons. The summed E-state index contributed by atoms with van der Waals surface area (Å²) < 4.78 is 0. The average molecular weight is 239 g/mol. The first-order chi connectivity index (χ1) is 8.25. The van der Waals surface area contributed by atoms with Crippen molar-refractivity contribution in [2.75, 3.05) is 32.7 Å². The third-order valence-corrected chi connectivity index (χ3v) is 3.74. The number of rotatable bonds is 3. The van der Waals surface area contributed by atoms with E-state index in [0.717, 1.165) is 32.5 Å². The van der Waals surface area contributed by atoms with Crippen molar-refractivity contribution in [3.05, 3.63) is 0 Å². The molecule has 4 nitrogen and oxygen atoms in total. The topological polar surface area (TPSA) is 35.6 Å². The maximum Gasteiger partial charge on any atom is 0.317 e. The van der Waals surface area contributed by atoms with E-state index in [9.17, 15) is 4.79 Å². The van der Waals surface area contributed by atoms with Crippen LogP contribution >= 0.6 is 0 Å². The van der Waals surface area contributed by atoms with Crippen LogP contribution in [0.4, 0.5) is 4.79 Å². The van der Waals surface area contributed by atoms with Gasteiger partial charge in [-0.25, -0.2) is 4.79 Å². The van der Waals surface area contributed by atoms with Crippen LogP contribution in [0.15, 0.2) is 0 Å². The summed E-state index contributed by atoms with van der Waals surface area (Å²) in [6.45, 7) is 7.38. The highest BCUT2D eigenvalue weighted by Gasteiger charge is 2.20. The summed E-state index contributed by atoms with van der Waals surface area (Å²) in [5.74, 6) is 0. The second-order valence-electron chi connectivity index (χ2n) is 5.41. The Morgan fingerprint density at radius 2 is 1.65 bits per heavy atom. The molecule has 1 N–H and O–H groups in total. The standard InChI is InChI=1S/C13H25N3O/c1-12(11-15-7-3-2-4-8-15)14-13(17)16-9-5-6-10-16/h12H,2-11H2,1H3,(H,14,17). The Hall–Kier alpha value is -0.770. The van der Waals surface area contributed by atoms with Gasteiger partial charge in [-0.15, -0.1) is 0 Å². The molecule has 2 aliphatic rings. The molecule has 2 saturated heterocycles. The number of likely N-dealkylation sites (tertiary alicyclic amines) is 2. The highest BCUT2D eigenvalue weighted by atomic mass is 16.2. The van der Waals surface area contributed by atoms with Crippen molar-refractivity contribution in [3.8, 4) is 0 Å². The van der Waals surface area contributed by atoms with E-state index in [2.05, 4.69) is 17.1 Å². The van der Waals surface area contributed by atoms with E-state index >= 15 is 0 Å². The fourth-order valence-electron chi connectivity index (χ4n) is 2.80. The van der Waals surface area contributed by atoms with E-state index in [4.69, 9.17) is 0 Å². The number of nitrogens with one attached hydrogen (secondary N) is 1. The first-order valence-electron chi connectivity index (χ1n) is 7.03. The molecule has 0 saturated carbocycles. The molecule has 1 atom stereocenters. The summed E-state index contributed by atoms with van der Waals surface area (Å²) in [5, 5.41) is 3.11. The van der Waals surface area contributed by atoms with Gasteiger partial charge in [0.15, 0.2) is 0 Å². The smallest absolute Gasteiger partial charge is 0.317 e. The van der Waals surface area contributed by atoms with Crippen molar-refractivity contribution in [1.82, 2.24) is 15.1 Å². The van der Waals surface area contributed by atoms with Crippen LogP contribution in [0.3, 0.4) is 0 Å². The SMILES string of the molecule is CC(CN1CCCCC1)NC(=O)N1CCCC1. The molecule has 0 aromatic heterocycles. The first kappa shape index (κ1) is 12.7. The minimum Gasteiger partial charge on any atom is -0.334 e. The lowest BCUT2D eigenvalue weighted by Crippen LogP contribution is -2.47. The van der Waals surface area contributed by atoms with Gasteiger partial charge in [-0.2, -0.15) is 0 Å². The van der Waals surface area contributed by atoms with Gasteiger partial charge in [-0.05, 0) is 45.7 Å². The quantitative estimate of drug-likeness (QED) is 0.813. The van der Waals surface area contributed by atoms with E-state index in [1.54, 1.807) is 0 Å². The fourth-order valence-corrected chi connectivity index (χ4v) is 2.80. The van der Waals surface area contributed by atoms with Gasteiger partial charge in [0, 0.05) is 25.7 Å². The van der Waals surface area contributed by atoms with Crippen LogP contribution in [0.25, 0.3) is 0 Å². The number of piperidine rings is 1. The van der Waals surface area contributed by atoms with E-state index in [1.165, 1.54) is 32.4 Å². The van der Waals surface area contributed by atoms with Crippen molar-refractivity contribution in [2.45, 2.75) is 45.1 Å². The van der Waals surface area contributed by atoms with Gasteiger partial charge in [-0.1, -0.05) is 6.42 Å². The van der Waals surface area contributed by atoms with Gasteiger partial charge in [0.25, 0.3) is 0 Å². The second-order valence-corrected chi connectivity index (χ2v) is 5.41. The molecule has 2 aliphatic heterocycles. The lowest BCUT2D eigenvalue weighted by molar-refractivity contribution is 0.187. The maximum atomic E-state index is 11.9. The monoisotopic (exact) mass is 239 g/mol. The molecule has 0 spiro atoms. The maximum absolute atomic E-state index is 11.9. The minimum absolute atomic E-state index is 0.131. The molecule has 2 rings (SSSR count). The highest BCUT2D eigenvalue weighted by Crippen LogP contribution is 2.10. The number of amides is 2. The van der Waals surface area contributed by atoms with Gasteiger partial charge < -0.3 is 15.1 Å². The summed E-state index contributed by atoms with van der Waals surface area (Å²) in [6, 6.07) is 0.396. The lowest BCUT2D eigenvalue weighted by Gasteiger charge is -2.30. The first-order valence-corrected chi connectivity index (χ1v) is 7.03. The van der Waals surface area contributed by atoms with Crippen LogP contribution < -0.4 is 5.32 Å². The Labute approximate surface area is 104 Å². The molecule has 0 aromatic rings. The zero-order chi connectivity index (χ0) is 12.1. The van der Waals surface area contributed by atoms with Crippen LogP contribution in [0.5, 0.6) is 0 Å². The third kappa shape index (κ3) is 3.87. The Kier molecular flexibility index (Phi) is 4.66. The number of hydrogen-bond acceptors (Lipinski definition) is 2. The largest absolute Gasteiger partial charge is 0.334 e. The van der Waals surface area contributed by atoms with Gasteiger partial charge in [0.05, 0.1) is 0 Å². The number of urea groups is 1. The van der Waals surface area contributed by atoms with Crippen molar-refractivity contribution >= 4 is 6.03 Å². The van der Waals surface area contributed by atoms with Gasteiger partial charge in [0.2, 0.25) is 0 Å². The molecule has 2 heterocycles. The minimum atomic E-state index is 0.131. The lowest BCUT2D eigenvalue weighted by atomic mass is 10.1. The summed E-state index contributed by atoms with van der Waals surface area (Å²) in [7, 11) is 0. The number of carbonyl (C=O) groups is 1. The Bertz CT molecular complexity index is 245. The average Bonchev–Trinajstić information content (AvgIpc) is 2.83. The molecule has 2 fully saturated rings. The predicted octanol–water partition coefficient (Wildman–Crippen LogP) is 1.67. The van der Waals surface area contributed by atoms with Gasteiger partial charge >= 0.3 is 6.03 Å². The number of carbonyl (C=O) groups excluding carboxylic acids is 1. The Morgan fingerprint density at radius 3 is 2.29 bits per heavy atom. The molecular formula is C13H25N3O. The molecule has 1 unspecified atom stereocenters. The molecule has 0 bridgehead atoms. The van der Waals surface area contributed by atoms with Crippen LogP contribution in [0, 0.1) is 0 Å². The number of hydrogen-bond donors (Lipinski definition) is 1. The van der Waals surface area contributed by atoms with Crippen molar-refractivity contribution in [1.29, 1.82) is 0 Å². The summed E-state index contributed by atoms with van der Waals surface area (Å²) in [4.78, 5) is 16.3. The van der Waals surface area contributed by atoms with Crippen molar-refractivity contribution < 1.29 is 4.79 Å². The molecule has 2 amide bonds. The zero-order valence-corrected chi connectivity index (χ0v) is 11.0. The Balaban J connectivity index is 1.68. The molecule has 17 heavy (non-hydrogen) atoms. The van der Waals surface area contributed by atoms with Gasteiger partial charge in [0.1, 0.15) is 0 Å². The van der Waals surface area contributed by atoms with E-state index in [1.807, 2.05) is 4.90 Å². The number of nitrogens with zero attached hydrogens (tertiary/aromatic N) is 2. The molecule has 0 radical (unpaired) electrons. The fraction of sp³-hybridized carbons (Fsp3) is 0.923. The molecule has 0 aliphatic carbocycles. The summed E-state index contributed by atoms with van der Waals surface area (Å²) in [5.41, 5.74) is 0. The van der Waals surface area contributed by atoms with Crippen LogP contribution in [-0.4, -0.2) is 54.6 Å². The summed E-state index contributed by atoms with van der Waals surface area (Å²) in [6.07, 6.45) is 6.31. The highest BCUT2D eigenvalue weighted by molar-refractivity contribution is 5.74. The molecular weight excluding hydrogens is 214 g/mol. The molecule has 0 aromatic carbocycles. The van der Waals surface area contributed by atoms with Crippen molar-refractivity contribution in [2.24, 2.45) is 0 Å². The predicted molar refractivity (Wildman–Crippen MR) is 69.1 cm³/mol. The summed E-state index contributed by atoms with van der Waals surface area (Å²) >= 11 is 0. The normalized spacial score (nSPS) is 23.7. The Morgan fingerprint density at radius 1 is 1.06 bits per heavy atom. The second kappa shape index (κ2) is 6.24. The third-order valence-electron chi connectivity index (χ3n) is 3.74.